The van der Waals surface area contributed by atoms with Crippen LogP contribution in [0.3, 0.4) is 0 Å². The largest absolute Gasteiger partial charge is 0.0725 e. The molecule has 0 fully saturated rings. The summed E-state index contributed by atoms with van der Waals surface area (Å²) < 4.78 is 0. The molecule has 9 aromatic rings. The van der Waals surface area contributed by atoms with Crippen molar-refractivity contribution in [3.63, 3.8) is 0 Å². The smallest absolute Gasteiger partial charge is 0.0619 e. The number of rotatable bonds is 1. The fraction of sp³-hybridized carbons (Fsp3) is 0.0400. The molecule has 0 N–H and O–H groups in total. The molecule has 0 nitrogen and oxygen atoms in total. The van der Waals surface area contributed by atoms with Crippen molar-refractivity contribution in [3.8, 4) is 55.6 Å². The summed E-state index contributed by atoms with van der Waals surface area (Å²) in [5, 5.41) is 8.00. The number of hydrogen-bond donors (Lipinski definition) is 0. The molecule has 0 unspecified atom stereocenters. The Morgan fingerprint density at radius 3 is 1.50 bits per heavy atom. The van der Waals surface area contributed by atoms with Crippen molar-refractivity contribution >= 4 is 32.3 Å². The van der Waals surface area contributed by atoms with Crippen LogP contribution in [0.15, 0.2) is 164 Å². The molecule has 0 heteroatoms. The highest BCUT2D eigenvalue weighted by molar-refractivity contribution is 6.22. The molecule has 0 bridgehead atoms. The molecule has 1 spiro atoms. The van der Waals surface area contributed by atoms with Gasteiger partial charge in [-0.15, -0.1) is 0 Å². The van der Waals surface area contributed by atoms with E-state index in [9.17, 15) is 0 Å². The van der Waals surface area contributed by atoms with Gasteiger partial charge in [0.15, 0.2) is 0 Å². The monoisotopic (exact) mass is 630 g/mol. The van der Waals surface area contributed by atoms with Crippen LogP contribution >= 0.6 is 0 Å². The molecule has 3 aliphatic carbocycles. The molecule has 12 rings (SSSR count). The predicted octanol–water partition coefficient (Wildman–Crippen LogP) is 13.1. The zero-order valence-corrected chi connectivity index (χ0v) is 27.6. The molecule has 0 amide bonds. The van der Waals surface area contributed by atoms with Gasteiger partial charge in [-0.25, -0.2) is 0 Å². The minimum atomic E-state index is -0.359. The van der Waals surface area contributed by atoms with Crippen LogP contribution in [0.2, 0.25) is 0 Å². The zero-order valence-electron chi connectivity index (χ0n) is 27.6. The van der Waals surface area contributed by atoms with Crippen LogP contribution in [0, 0.1) is 6.92 Å². The summed E-state index contributed by atoms with van der Waals surface area (Å²) >= 11 is 0. The van der Waals surface area contributed by atoms with Gasteiger partial charge in [-0.05, 0) is 135 Å². The van der Waals surface area contributed by atoms with Crippen molar-refractivity contribution in [1.82, 2.24) is 0 Å². The molecule has 3 aliphatic rings. The van der Waals surface area contributed by atoms with E-state index in [-0.39, 0.29) is 5.41 Å². The maximum atomic E-state index is 2.57. The van der Waals surface area contributed by atoms with E-state index in [0.29, 0.717) is 0 Å². The topological polar surface area (TPSA) is 0 Å². The van der Waals surface area contributed by atoms with Crippen LogP contribution in [0.4, 0.5) is 0 Å². The van der Waals surface area contributed by atoms with E-state index in [2.05, 4.69) is 171 Å². The van der Waals surface area contributed by atoms with Gasteiger partial charge in [0.05, 0.1) is 5.41 Å². The molecule has 0 radical (unpaired) electrons. The highest BCUT2D eigenvalue weighted by Gasteiger charge is 2.52. The van der Waals surface area contributed by atoms with Gasteiger partial charge in [0.1, 0.15) is 0 Å². The van der Waals surface area contributed by atoms with Crippen molar-refractivity contribution < 1.29 is 0 Å². The summed E-state index contributed by atoms with van der Waals surface area (Å²) in [7, 11) is 0. The Labute approximate surface area is 290 Å². The first-order valence-corrected chi connectivity index (χ1v) is 17.7. The average Bonchev–Trinajstić information content (AvgIpc) is 3.78. The lowest BCUT2D eigenvalue weighted by molar-refractivity contribution is 0.795. The van der Waals surface area contributed by atoms with E-state index in [1.807, 2.05) is 0 Å². The molecule has 230 valence electrons. The molecule has 0 atom stereocenters. The normalized spacial score (nSPS) is 13.9. The summed E-state index contributed by atoms with van der Waals surface area (Å²) in [6.45, 7) is 2.26. The number of hydrogen-bond acceptors (Lipinski definition) is 0. The van der Waals surface area contributed by atoms with Gasteiger partial charge in [-0.3, -0.25) is 0 Å². The van der Waals surface area contributed by atoms with Gasteiger partial charge >= 0.3 is 0 Å². The van der Waals surface area contributed by atoms with Gasteiger partial charge in [0.25, 0.3) is 0 Å². The second-order valence-electron chi connectivity index (χ2n) is 14.3. The molecule has 9 aromatic carbocycles. The molecule has 0 saturated heterocycles. The van der Waals surface area contributed by atoms with Crippen LogP contribution < -0.4 is 0 Å². The highest BCUT2D eigenvalue weighted by atomic mass is 14.5. The predicted molar refractivity (Wildman–Crippen MR) is 210 cm³/mol. The Morgan fingerprint density at radius 2 is 0.840 bits per heavy atom. The maximum Gasteiger partial charge on any atom is 0.0725 e. The molecule has 50 heavy (non-hydrogen) atoms. The average molecular weight is 631 g/mol. The van der Waals surface area contributed by atoms with Crippen molar-refractivity contribution in [2.45, 2.75) is 12.3 Å². The highest BCUT2D eigenvalue weighted by Crippen LogP contribution is 2.65. The number of benzene rings is 9. The van der Waals surface area contributed by atoms with E-state index in [1.165, 1.54) is 116 Å². The Kier molecular flexibility index (Phi) is 4.94. The fourth-order valence-electron chi connectivity index (χ4n) is 10.3. The molecule has 0 saturated carbocycles. The van der Waals surface area contributed by atoms with Gasteiger partial charge in [-0.1, -0.05) is 152 Å². The summed E-state index contributed by atoms with van der Waals surface area (Å²) in [5.41, 5.74) is 19.9. The lowest BCUT2D eigenvalue weighted by Crippen LogP contribution is -2.25. The minimum Gasteiger partial charge on any atom is -0.0619 e. The standard InChI is InChI=1S/C50H30/c1-29-31-13-2-4-17-36(31)47(37-18-5-3-14-32(29)37)30-25-26-33-41(27-30)38-20-12-21-40-48(38)42(33)28-46-49(40)39-19-8-11-24-45(39)50(46)43-22-9-6-15-34(43)35-16-7-10-23-44(35)50/h2-28H,1H3. The van der Waals surface area contributed by atoms with E-state index >= 15 is 0 Å². The van der Waals surface area contributed by atoms with Crippen LogP contribution in [0.5, 0.6) is 0 Å². The SMILES string of the molecule is Cc1c2ccccc2c(-c2ccc3c(c2)-c2cccc4c5c(cc-3c24)C2(c3ccccc3-c3ccccc32)c2ccccc2-5)c2ccccc12. The lowest BCUT2D eigenvalue weighted by atomic mass is 9.70. The summed E-state index contributed by atoms with van der Waals surface area (Å²) in [6.07, 6.45) is 0. The van der Waals surface area contributed by atoms with Crippen LogP contribution in [0.25, 0.3) is 88.0 Å². The minimum absolute atomic E-state index is 0.359. The van der Waals surface area contributed by atoms with E-state index in [0.717, 1.165) is 0 Å². The van der Waals surface area contributed by atoms with Crippen LogP contribution in [-0.2, 0) is 5.41 Å². The van der Waals surface area contributed by atoms with Crippen molar-refractivity contribution in [1.29, 1.82) is 0 Å². The fourth-order valence-corrected chi connectivity index (χ4v) is 10.3. The third-order valence-electron chi connectivity index (χ3n) is 12.2. The van der Waals surface area contributed by atoms with E-state index in [4.69, 9.17) is 0 Å². The summed E-state index contributed by atoms with van der Waals surface area (Å²) in [5.74, 6) is 0. The molecular formula is C50H30. The van der Waals surface area contributed by atoms with E-state index in [1.54, 1.807) is 0 Å². The Balaban J connectivity index is 1.18. The first kappa shape index (κ1) is 26.7. The van der Waals surface area contributed by atoms with Gasteiger partial charge in [-0.2, -0.15) is 0 Å². The first-order chi connectivity index (χ1) is 24.7. The van der Waals surface area contributed by atoms with Crippen molar-refractivity contribution in [2.75, 3.05) is 0 Å². The second kappa shape index (κ2) is 9.26. The second-order valence-corrected chi connectivity index (χ2v) is 14.3. The molecular weight excluding hydrogens is 601 g/mol. The lowest BCUT2D eigenvalue weighted by Gasteiger charge is -2.30. The maximum absolute atomic E-state index is 2.57. The number of fused-ring (bicyclic) bond motifs is 16. The molecule has 0 heterocycles. The Bertz CT molecular complexity index is 2890. The van der Waals surface area contributed by atoms with Gasteiger partial charge in [0.2, 0.25) is 0 Å². The van der Waals surface area contributed by atoms with Crippen molar-refractivity contribution in [3.05, 3.63) is 192 Å². The van der Waals surface area contributed by atoms with Crippen LogP contribution in [-0.4, -0.2) is 0 Å². The summed E-state index contributed by atoms with van der Waals surface area (Å²) in [6, 6.07) is 62.0. The van der Waals surface area contributed by atoms with Crippen molar-refractivity contribution in [2.24, 2.45) is 0 Å². The molecule has 0 aliphatic heterocycles. The summed E-state index contributed by atoms with van der Waals surface area (Å²) in [4.78, 5) is 0. The quantitative estimate of drug-likeness (QED) is 0.158. The van der Waals surface area contributed by atoms with Crippen LogP contribution in [0.1, 0.15) is 27.8 Å². The third kappa shape index (κ3) is 3.01. The Hall–Kier alpha value is -6.24. The Morgan fingerprint density at radius 1 is 0.320 bits per heavy atom. The number of aryl methyl sites for hydroxylation is 1. The van der Waals surface area contributed by atoms with Gasteiger partial charge in [0, 0.05) is 0 Å². The molecule has 0 aromatic heterocycles. The van der Waals surface area contributed by atoms with E-state index < -0.39 is 0 Å². The zero-order chi connectivity index (χ0) is 32.7. The van der Waals surface area contributed by atoms with Gasteiger partial charge < -0.3 is 0 Å². The third-order valence-corrected chi connectivity index (χ3v) is 12.2. The first-order valence-electron chi connectivity index (χ1n) is 17.7.